The van der Waals surface area contributed by atoms with E-state index in [0.29, 0.717) is 62.4 Å². The Balaban J connectivity index is 1.33. The standard InChI is InChI=1S/C32H40ClFN2O3/c1-24-21-25(11-12-27(24)33)39-23-31(22-29(37)35-17-7-2-8-18-35)15-19-36(20-16-31)30(38)32(13-5-6-14-32)26-9-3-4-10-28(26)34/h3-4,9-12,21H,2,5-8,13-20,22-23H2,1H3. The average Bonchev–Trinajstić information content (AvgIpc) is 3.45. The van der Waals surface area contributed by atoms with E-state index in [-0.39, 0.29) is 23.0 Å². The molecule has 0 spiro atoms. The van der Waals surface area contributed by atoms with E-state index in [4.69, 9.17) is 16.3 Å². The second-order valence-electron chi connectivity index (χ2n) is 11.9. The van der Waals surface area contributed by atoms with Crippen molar-refractivity contribution in [3.05, 3.63) is 64.4 Å². The molecule has 1 aliphatic carbocycles. The fourth-order valence-electron chi connectivity index (χ4n) is 6.80. The molecular formula is C32H40ClFN2O3. The van der Waals surface area contributed by atoms with Crippen LogP contribution in [-0.2, 0) is 15.0 Å². The number of aryl methyl sites for hydroxylation is 1. The first-order chi connectivity index (χ1) is 18.8. The minimum atomic E-state index is -0.785. The van der Waals surface area contributed by atoms with Crippen molar-refractivity contribution in [2.45, 2.75) is 76.5 Å². The Labute approximate surface area is 236 Å². The van der Waals surface area contributed by atoms with Gasteiger partial charge in [-0.3, -0.25) is 9.59 Å². The van der Waals surface area contributed by atoms with Crippen LogP contribution in [0.3, 0.4) is 0 Å². The highest BCUT2D eigenvalue weighted by molar-refractivity contribution is 6.31. The Bertz CT molecular complexity index is 1180. The molecule has 1 saturated carbocycles. The van der Waals surface area contributed by atoms with Crippen LogP contribution >= 0.6 is 11.6 Å². The van der Waals surface area contributed by atoms with E-state index in [1.165, 1.54) is 12.5 Å². The summed E-state index contributed by atoms with van der Waals surface area (Å²) in [4.78, 5) is 31.4. The number of halogens is 2. The Morgan fingerprint density at radius 3 is 2.26 bits per heavy atom. The minimum absolute atomic E-state index is 0.0373. The first-order valence-corrected chi connectivity index (χ1v) is 14.9. The molecule has 2 aromatic carbocycles. The molecule has 0 radical (unpaired) electrons. The minimum Gasteiger partial charge on any atom is -0.493 e. The smallest absolute Gasteiger partial charge is 0.233 e. The highest BCUT2D eigenvalue weighted by Crippen LogP contribution is 2.45. The van der Waals surface area contributed by atoms with Gasteiger partial charge < -0.3 is 14.5 Å². The second-order valence-corrected chi connectivity index (χ2v) is 12.3. The van der Waals surface area contributed by atoms with Crippen LogP contribution in [0.1, 0.15) is 75.3 Å². The van der Waals surface area contributed by atoms with Gasteiger partial charge in [-0.05, 0) is 81.7 Å². The van der Waals surface area contributed by atoms with Crippen molar-refractivity contribution in [1.29, 1.82) is 0 Å². The number of piperidine rings is 2. The van der Waals surface area contributed by atoms with E-state index in [9.17, 15) is 14.0 Å². The Morgan fingerprint density at radius 1 is 0.897 bits per heavy atom. The third-order valence-electron chi connectivity index (χ3n) is 9.28. The summed E-state index contributed by atoms with van der Waals surface area (Å²) in [7, 11) is 0. The lowest BCUT2D eigenvalue weighted by Crippen LogP contribution is -2.53. The lowest BCUT2D eigenvalue weighted by atomic mass is 9.73. The predicted molar refractivity (Wildman–Crippen MR) is 152 cm³/mol. The zero-order chi connectivity index (χ0) is 27.5. The van der Waals surface area contributed by atoms with Gasteiger partial charge in [-0.25, -0.2) is 4.39 Å². The van der Waals surface area contributed by atoms with E-state index < -0.39 is 5.41 Å². The molecule has 2 aromatic rings. The van der Waals surface area contributed by atoms with Crippen molar-refractivity contribution in [3.63, 3.8) is 0 Å². The van der Waals surface area contributed by atoms with Gasteiger partial charge in [0.25, 0.3) is 0 Å². The van der Waals surface area contributed by atoms with E-state index in [2.05, 4.69) is 0 Å². The van der Waals surface area contributed by atoms with Crippen LogP contribution in [0, 0.1) is 18.2 Å². The maximum atomic E-state index is 14.9. The first kappa shape index (κ1) is 27.9. The number of amides is 2. The molecule has 2 heterocycles. The second kappa shape index (κ2) is 11.9. The van der Waals surface area contributed by atoms with Gasteiger partial charge in [0, 0.05) is 48.6 Å². The van der Waals surface area contributed by atoms with Gasteiger partial charge >= 0.3 is 0 Å². The van der Waals surface area contributed by atoms with Gasteiger partial charge in [0.2, 0.25) is 11.8 Å². The van der Waals surface area contributed by atoms with E-state index in [0.717, 1.165) is 50.1 Å². The van der Waals surface area contributed by atoms with Crippen LogP contribution in [0.2, 0.25) is 5.02 Å². The Kier molecular flexibility index (Phi) is 8.51. The summed E-state index contributed by atoms with van der Waals surface area (Å²) in [6, 6.07) is 12.4. The topological polar surface area (TPSA) is 49.9 Å². The fourth-order valence-corrected chi connectivity index (χ4v) is 6.92. The fraction of sp³-hybridized carbons (Fsp3) is 0.562. The van der Waals surface area contributed by atoms with Crippen molar-refractivity contribution in [3.8, 4) is 5.75 Å². The molecule has 39 heavy (non-hydrogen) atoms. The quantitative estimate of drug-likeness (QED) is 0.383. The van der Waals surface area contributed by atoms with Crippen LogP contribution in [0.15, 0.2) is 42.5 Å². The molecule has 3 fully saturated rings. The molecule has 210 valence electrons. The van der Waals surface area contributed by atoms with Gasteiger partial charge in [-0.2, -0.15) is 0 Å². The van der Waals surface area contributed by atoms with Gasteiger partial charge in [0.05, 0.1) is 12.0 Å². The largest absolute Gasteiger partial charge is 0.493 e. The van der Waals surface area contributed by atoms with Crippen molar-refractivity contribution in [2.75, 3.05) is 32.8 Å². The lowest BCUT2D eigenvalue weighted by Gasteiger charge is -2.44. The number of nitrogens with zero attached hydrogens (tertiary/aromatic N) is 2. The molecule has 5 nitrogen and oxygen atoms in total. The number of carbonyl (C=O) groups is 2. The molecule has 2 saturated heterocycles. The van der Waals surface area contributed by atoms with Crippen LogP contribution in [0.25, 0.3) is 0 Å². The van der Waals surface area contributed by atoms with Crippen LogP contribution < -0.4 is 4.74 Å². The highest BCUT2D eigenvalue weighted by Gasteiger charge is 2.48. The third kappa shape index (κ3) is 5.96. The molecule has 3 aliphatic rings. The number of ether oxygens (including phenoxy) is 1. The summed E-state index contributed by atoms with van der Waals surface area (Å²) in [6.45, 7) is 5.10. The van der Waals surface area contributed by atoms with Gasteiger partial charge in [0.1, 0.15) is 11.6 Å². The highest BCUT2D eigenvalue weighted by atomic mass is 35.5. The zero-order valence-electron chi connectivity index (χ0n) is 23.0. The van der Waals surface area contributed by atoms with Crippen molar-refractivity contribution in [2.24, 2.45) is 5.41 Å². The molecule has 0 bridgehead atoms. The zero-order valence-corrected chi connectivity index (χ0v) is 23.8. The third-order valence-corrected chi connectivity index (χ3v) is 9.70. The molecule has 5 rings (SSSR count). The monoisotopic (exact) mass is 554 g/mol. The van der Waals surface area contributed by atoms with Crippen molar-refractivity contribution in [1.82, 2.24) is 9.80 Å². The van der Waals surface area contributed by atoms with Crippen LogP contribution in [0.5, 0.6) is 5.75 Å². The van der Waals surface area contributed by atoms with Crippen molar-refractivity contribution < 1.29 is 18.7 Å². The predicted octanol–water partition coefficient (Wildman–Crippen LogP) is 6.69. The molecule has 2 aliphatic heterocycles. The van der Waals surface area contributed by atoms with Gasteiger partial charge in [-0.15, -0.1) is 0 Å². The molecule has 0 unspecified atom stereocenters. The number of carbonyl (C=O) groups excluding carboxylic acids is 2. The summed E-state index contributed by atoms with van der Waals surface area (Å²) < 4.78 is 21.2. The van der Waals surface area contributed by atoms with Crippen LogP contribution in [0.4, 0.5) is 4.39 Å². The number of benzene rings is 2. The van der Waals surface area contributed by atoms with Gasteiger partial charge in [-0.1, -0.05) is 42.6 Å². The molecule has 7 heteroatoms. The maximum absolute atomic E-state index is 14.9. The SMILES string of the molecule is Cc1cc(OCC2(CC(=O)N3CCCCC3)CCN(C(=O)C3(c4ccccc4F)CCCC3)CC2)ccc1Cl. The number of hydrogen-bond donors (Lipinski definition) is 0. The van der Waals surface area contributed by atoms with E-state index in [1.807, 2.05) is 41.0 Å². The average molecular weight is 555 g/mol. The Hall–Kier alpha value is -2.60. The van der Waals surface area contributed by atoms with Crippen LogP contribution in [-0.4, -0.2) is 54.4 Å². The molecular weight excluding hydrogens is 515 g/mol. The maximum Gasteiger partial charge on any atom is 0.233 e. The summed E-state index contributed by atoms with van der Waals surface area (Å²) in [5.41, 5.74) is 0.334. The van der Waals surface area contributed by atoms with E-state index in [1.54, 1.807) is 12.1 Å². The molecule has 2 amide bonds. The molecule has 0 N–H and O–H groups in total. The summed E-state index contributed by atoms with van der Waals surface area (Å²) in [5.74, 6) is 0.668. The number of hydrogen-bond acceptors (Lipinski definition) is 3. The summed E-state index contributed by atoms with van der Waals surface area (Å²) in [5, 5.41) is 0.694. The normalized spacial score (nSPS) is 20.6. The summed E-state index contributed by atoms with van der Waals surface area (Å²) >= 11 is 6.21. The first-order valence-electron chi connectivity index (χ1n) is 14.5. The Morgan fingerprint density at radius 2 is 1.59 bits per heavy atom. The van der Waals surface area contributed by atoms with Gasteiger partial charge in [0.15, 0.2) is 0 Å². The number of rotatable bonds is 7. The molecule has 0 atom stereocenters. The molecule has 0 aromatic heterocycles. The lowest BCUT2D eigenvalue weighted by molar-refractivity contribution is -0.142. The summed E-state index contributed by atoms with van der Waals surface area (Å²) in [6.07, 6.45) is 8.28. The number of likely N-dealkylation sites (tertiary alicyclic amines) is 2. The van der Waals surface area contributed by atoms with E-state index >= 15 is 0 Å². The van der Waals surface area contributed by atoms with Crippen molar-refractivity contribution >= 4 is 23.4 Å².